The SMILES string of the molecule is Cc1ccc(N2C(=S)N[C@H](c3ccccn3)[C@@H]2c2c(C)c(C)n(-c3ccccc3)c2C)cc1. The molecule has 0 amide bonds. The van der Waals surface area contributed by atoms with Crippen LogP contribution >= 0.6 is 12.2 Å². The maximum absolute atomic E-state index is 5.91. The van der Waals surface area contributed by atoms with Crippen LogP contribution in [0.25, 0.3) is 5.69 Å². The normalized spacial score (nSPS) is 17.9. The van der Waals surface area contributed by atoms with E-state index in [9.17, 15) is 0 Å². The average Bonchev–Trinajstić information content (AvgIpc) is 3.28. The number of rotatable bonds is 4. The minimum Gasteiger partial charge on any atom is -0.351 e. The van der Waals surface area contributed by atoms with Crippen LogP contribution in [0.2, 0.25) is 0 Å². The van der Waals surface area contributed by atoms with Gasteiger partial charge in [0.25, 0.3) is 0 Å². The van der Waals surface area contributed by atoms with E-state index in [1.54, 1.807) is 0 Å². The molecule has 2 aromatic carbocycles. The molecule has 0 radical (unpaired) electrons. The highest BCUT2D eigenvalue weighted by atomic mass is 32.1. The van der Waals surface area contributed by atoms with Gasteiger partial charge in [0.2, 0.25) is 0 Å². The Morgan fingerprint density at radius 3 is 2.15 bits per heavy atom. The Labute approximate surface area is 200 Å². The van der Waals surface area contributed by atoms with E-state index < -0.39 is 0 Å². The molecule has 0 spiro atoms. The molecule has 1 aliphatic heterocycles. The number of thiocarbonyl (C=S) groups is 1. The van der Waals surface area contributed by atoms with Gasteiger partial charge in [-0.1, -0.05) is 42.0 Å². The monoisotopic (exact) mass is 452 g/mol. The number of hydrogen-bond acceptors (Lipinski definition) is 2. The van der Waals surface area contributed by atoms with E-state index >= 15 is 0 Å². The molecule has 33 heavy (non-hydrogen) atoms. The fourth-order valence-corrected chi connectivity index (χ4v) is 5.38. The van der Waals surface area contributed by atoms with E-state index in [1.807, 2.05) is 18.3 Å². The van der Waals surface area contributed by atoms with Crippen LogP contribution in [-0.2, 0) is 0 Å². The van der Waals surface area contributed by atoms with Gasteiger partial charge in [0.05, 0.1) is 17.8 Å². The topological polar surface area (TPSA) is 33.1 Å². The Kier molecular flexibility index (Phi) is 5.51. The van der Waals surface area contributed by atoms with E-state index in [0.29, 0.717) is 0 Å². The fraction of sp³-hybridized carbons (Fsp3) is 0.214. The molecular weight excluding hydrogens is 424 g/mol. The zero-order valence-electron chi connectivity index (χ0n) is 19.4. The highest BCUT2D eigenvalue weighted by Gasteiger charge is 2.43. The molecule has 5 heteroatoms. The first-order chi connectivity index (χ1) is 16.0. The first-order valence-corrected chi connectivity index (χ1v) is 11.7. The van der Waals surface area contributed by atoms with Crippen LogP contribution in [-0.4, -0.2) is 14.7 Å². The summed E-state index contributed by atoms with van der Waals surface area (Å²) in [7, 11) is 0. The molecule has 1 aliphatic rings. The summed E-state index contributed by atoms with van der Waals surface area (Å²) in [4.78, 5) is 6.97. The largest absolute Gasteiger partial charge is 0.351 e. The predicted octanol–water partition coefficient (Wildman–Crippen LogP) is 6.28. The van der Waals surface area contributed by atoms with Gasteiger partial charge in [0.1, 0.15) is 0 Å². The zero-order valence-corrected chi connectivity index (χ0v) is 20.2. The Morgan fingerprint density at radius 1 is 0.788 bits per heavy atom. The number of nitrogens with one attached hydrogen (secondary N) is 1. The van der Waals surface area contributed by atoms with Crippen molar-refractivity contribution < 1.29 is 0 Å². The molecule has 0 aliphatic carbocycles. The number of benzene rings is 2. The molecular formula is C28H28N4S. The Morgan fingerprint density at radius 2 is 1.48 bits per heavy atom. The minimum absolute atomic E-state index is 0.0150. The zero-order chi connectivity index (χ0) is 23.1. The molecule has 1 saturated heterocycles. The number of anilines is 1. The number of aryl methyl sites for hydroxylation is 1. The van der Waals surface area contributed by atoms with Crippen molar-refractivity contribution in [3.63, 3.8) is 0 Å². The Hall–Kier alpha value is -3.44. The van der Waals surface area contributed by atoms with Gasteiger partial charge in [0, 0.05) is 34.5 Å². The highest BCUT2D eigenvalue weighted by molar-refractivity contribution is 7.80. The summed E-state index contributed by atoms with van der Waals surface area (Å²) >= 11 is 5.91. The molecule has 1 fully saturated rings. The summed E-state index contributed by atoms with van der Waals surface area (Å²) in [5.41, 5.74) is 9.53. The van der Waals surface area contributed by atoms with E-state index in [2.05, 4.69) is 103 Å². The maximum Gasteiger partial charge on any atom is 0.174 e. The standard InChI is InChI=1S/C28H28N4S/c1-18-13-15-23(16-14-18)32-27(26(30-28(32)33)24-12-8-9-17-29-24)25-19(2)20(3)31(21(25)4)22-10-6-5-7-11-22/h5-17,26-27H,1-4H3,(H,30,33)/t26-,27+/m1/s1. The molecule has 0 saturated carbocycles. The van der Waals surface area contributed by atoms with Gasteiger partial charge in [-0.25, -0.2) is 0 Å². The summed E-state index contributed by atoms with van der Waals surface area (Å²) in [6.07, 6.45) is 1.85. The Balaban J connectivity index is 1.72. The van der Waals surface area contributed by atoms with Gasteiger partial charge in [0.15, 0.2) is 5.11 Å². The van der Waals surface area contributed by atoms with Crippen molar-refractivity contribution in [1.82, 2.24) is 14.9 Å². The molecule has 0 unspecified atom stereocenters. The molecule has 0 bridgehead atoms. The summed E-state index contributed by atoms with van der Waals surface area (Å²) in [5, 5.41) is 4.32. The van der Waals surface area contributed by atoms with Crippen LogP contribution in [0.4, 0.5) is 5.69 Å². The Bertz CT molecular complexity index is 1290. The van der Waals surface area contributed by atoms with Crippen molar-refractivity contribution in [3.8, 4) is 5.69 Å². The molecule has 1 N–H and O–H groups in total. The number of pyridine rings is 1. The van der Waals surface area contributed by atoms with E-state index in [4.69, 9.17) is 17.2 Å². The first kappa shape index (κ1) is 21.4. The molecule has 4 aromatic rings. The van der Waals surface area contributed by atoms with Crippen LogP contribution in [0, 0.1) is 27.7 Å². The van der Waals surface area contributed by atoms with E-state index in [1.165, 1.54) is 33.8 Å². The van der Waals surface area contributed by atoms with Crippen molar-refractivity contribution >= 4 is 23.0 Å². The fourth-order valence-electron chi connectivity index (χ4n) is 5.04. The number of aromatic nitrogens is 2. The first-order valence-electron chi connectivity index (χ1n) is 11.3. The van der Waals surface area contributed by atoms with Gasteiger partial charge in [-0.15, -0.1) is 0 Å². The number of nitrogens with zero attached hydrogens (tertiary/aromatic N) is 3. The van der Waals surface area contributed by atoms with Gasteiger partial charge >= 0.3 is 0 Å². The molecule has 2 atom stereocenters. The predicted molar refractivity (Wildman–Crippen MR) is 139 cm³/mol. The van der Waals surface area contributed by atoms with Gasteiger partial charge in [-0.2, -0.15) is 0 Å². The molecule has 4 nitrogen and oxygen atoms in total. The third kappa shape index (κ3) is 3.62. The van der Waals surface area contributed by atoms with Crippen LogP contribution in [0.1, 0.15) is 45.9 Å². The lowest BCUT2D eigenvalue weighted by Crippen LogP contribution is -2.29. The number of para-hydroxylation sites is 1. The summed E-state index contributed by atoms with van der Waals surface area (Å²) in [6.45, 7) is 8.75. The summed E-state index contributed by atoms with van der Waals surface area (Å²) < 4.78 is 2.36. The smallest absolute Gasteiger partial charge is 0.174 e. The van der Waals surface area contributed by atoms with Gasteiger partial charge in [-0.3, -0.25) is 4.98 Å². The third-order valence-corrected chi connectivity index (χ3v) is 7.04. The molecule has 5 rings (SSSR count). The minimum atomic E-state index is -0.0524. The second-order valence-corrected chi connectivity index (χ2v) is 9.10. The van der Waals surface area contributed by atoms with E-state index in [-0.39, 0.29) is 12.1 Å². The van der Waals surface area contributed by atoms with E-state index in [0.717, 1.165) is 16.5 Å². The van der Waals surface area contributed by atoms with Crippen molar-refractivity contribution in [1.29, 1.82) is 0 Å². The molecule has 3 heterocycles. The van der Waals surface area contributed by atoms with Gasteiger partial charge < -0.3 is 14.8 Å². The van der Waals surface area contributed by atoms with Crippen molar-refractivity contribution in [2.24, 2.45) is 0 Å². The number of hydrogen-bond donors (Lipinski definition) is 1. The van der Waals surface area contributed by atoms with Crippen molar-refractivity contribution in [2.45, 2.75) is 39.8 Å². The van der Waals surface area contributed by atoms with Crippen LogP contribution in [0.5, 0.6) is 0 Å². The second kappa shape index (κ2) is 8.49. The van der Waals surface area contributed by atoms with Crippen LogP contribution in [0.3, 0.4) is 0 Å². The highest BCUT2D eigenvalue weighted by Crippen LogP contribution is 2.45. The average molecular weight is 453 g/mol. The van der Waals surface area contributed by atoms with Crippen molar-refractivity contribution in [3.05, 3.63) is 113 Å². The summed E-state index contributed by atoms with van der Waals surface area (Å²) in [5.74, 6) is 0. The summed E-state index contributed by atoms with van der Waals surface area (Å²) in [6, 6.07) is 25.2. The second-order valence-electron chi connectivity index (χ2n) is 8.71. The quantitative estimate of drug-likeness (QED) is 0.369. The van der Waals surface area contributed by atoms with Crippen molar-refractivity contribution in [2.75, 3.05) is 4.90 Å². The maximum atomic E-state index is 5.91. The van der Waals surface area contributed by atoms with Crippen LogP contribution < -0.4 is 10.2 Å². The van der Waals surface area contributed by atoms with Crippen LogP contribution in [0.15, 0.2) is 79.0 Å². The lowest BCUT2D eigenvalue weighted by Gasteiger charge is -2.29. The lowest BCUT2D eigenvalue weighted by atomic mass is 9.93. The molecule has 166 valence electrons. The molecule has 2 aromatic heterocycles. The third-order valence-electron chi connectivity index (χ3n) is 6.73. The lowest BCUT2D eigenvalue weighted by molar-refractivity contribution is 0.563. The van der Waals surface area contributed by atoms with Gasteiger partial charge in [-0.05, 0) is 81.9 Å².